The number of anilines is 1. The van der Waals surface area contributed by atoms with Crippen molar-refractivity contribution >= 4 is 16.7 Å². The second-order valence-corrected chi connectivity index (χ2v) is 4.73. The molecule has 0 aliphatic rings. The van der Waals surface area contributed by atoms with Crippen LogP contribution < -0.4 is 11.3 Å². The molecule has 0 aromatic carbocycles. The average Bonchev–Trinajstić information content (AvgIpc) is 2.17. The molecule has 2 aromatic heterocycles. The van der Waals surface area contributed by atoms with Gasteiger partial charge in [0.15, 0.2) is 0 Å². The lowest BCUT2D eigenvalue weighted by atomic mass is 10.1. The van der Waals surface area contributed by atoms with Gasteiger partial charge >= 0.3 is 0 Å². The molecule has 0 unspecified atom stereocenters. The number of pyridine rings is 1. The normalized spacial score (nSPS) is 11.9. The second kappa shape index (κ2) is 3.30. The van der Waals surface area contributed by atoms with Crippen LogP contribution in [0.5, 0.6) is 0 Å². The van der Waals surface area contributed by atoms with Gasteiger partial charge in [-0.05, 0) is 26.8 Å². The highest BCUT2D eigenvalue weighted by atomic mass is 16.1. The number of rotatable bonds is 0. The molecule has 2 rings (SSSR count). The first-order valence-electron chi connectivity index (χ1n) is 5.03. The molecule has 2 N–H and O–H groups in total. The topological polar surface area (TPSA) is 73.8 Å². The van der Waals surface area contributed by atoms with Gasteiger partial charge in [0.2, 0.25) is 0 Å². The highest BCUT2D eigenvalue weighted by Gasteiger charge is 2.16. The summed E-state index contributed by atoms with van der Waals surface area (Å²) in [6.45, 7) is 6.07. The van der Waals surface area contributed by atoms with Gasteiger partial charge in [-0.15, -0.1) is 0 Å². The second-order valence-electron chi connectivity index (χ2n) is 4.73. The van der Waals surface area contributed by atoms with Crippen LogP contribution in [0.3, 0.4) is 0 Å². The number of hydrogen-bond donors (Lipinski definition) is 1. The zero-order valence-corrected chi connectivity index (χ0v) is 9.56. The number of aromatic nitrogens is 3. The Morgan fingerprint density at radius 2 is 2.00 bits per heavy atom. The summed E-state index contributed by atoms with van der Waals surface area (Å²) in [6.07, 6.45) is 3.07. The molecule has 0 fully saturated rings. The fourth-order valence-electron chi connectivity index (χ4n) is 1.55. The van der Waals surface area contributed by atoms with Gasteiger partial charge in [0.1, 0.15) is 12.0 Å². The molecule has 5 heteroatoms. The first-order chi connectivity index (χ1) is 7.39. The van der Waals surface area contributed by atoms with Gasteiger partial charge in [-0.3, -0.25) is 4.79 Å². The Morgan fingerprint density at radius 3 is 2.62 bits per heavy atom. The lowest BCUT2D eigenvalue weighted by Gasteiger charge is -2.23. The van der Waals surface area contributed by atoms with Crippen molar-refractivity contribution in [2.24, 2.45) is 0 Å². The van der Waals surface area contributed by atoms with Crippen molar-refractivity contribution in [1.82, 2.24) is 14.5 Å². The Hall–Kier alpha value is -1.91. The maximum Gasteiger partial charge on any atom is 0.282 e. The van der Waals surface area contributed by atoms with E-state index in [1.54, 1.807) is 12.3 Å². The summed E-state index contributed by atoms with van der Waals surface area (Å²) in [5.41, 5.74) is 6.22. The van der Waals surface area contributed by atoms with E-state index in [0.29, 0.717) is 16.7 Å². The number of hydrogen-bond acceptors (Lipinski definition) is 4. The molecule has 84 valence electrons. The third kappa shape index (κ3) is 1.64. The maximum absolute atomic E-state index is 11.6. The lowest BCUT2D eigenvalue weighted by molar-refractivity contribution is 0.401. The number of nitrogens with two attached hydrogens (primary N) is 1. The minimum atomic E-state index is -0.296. The van der Waals surface area contributed by atoms with Gasteiger partial charge in [0, 0.05) is 5.54 Å². The first kappa shape index (κ1) is 10.6. The number of nitrogens with zero attached hydrogens (tertiary/aromatic N) is 3. The van der Waals surface area contributed by atoms with Crippen molar-refractivity contribution in [1.29, 1.82) is 0 Å². The fourth-order valence-corrected chi connectivity index (χ4v) is 1.55. The van der Waals surface area contributed by atoms with E-state index in [2.05, 4.69) is 9.97 Å². The van der Waals surface area contributed by atoms with Crippen molar-refractivity contribution in [2.75, 3.05) is 5.73 Å². The zero-order valence-electron chi connectivity index (χ0n) is 9.56. The van der Waals surface area contributed by atoms with E-state index in [0.717, 1.165) is 0 Å². The van der Waals surface area contributed by atoms with Gasteiger partial charge in [0.05, 0.1) is 17.3 Å². The smallest absolute Gasteiger partial charge is 0.282 e. The molecule has 0 radical (unpaired) electrons. The molecule has 5 nitrogen and oxygen atoms in total. The number of nitrogen functional groups attached to an aromatic ring is 1. The molecule has 0 saturated heterocycles. The highest BCUT2D eigenvalue weighted by Crippen LogP contribution is 2.18. The van der Waals surface area contributed by atoms with Gasteiger partial charge < -0.3 is 10.3 Å². The third-order valence-electron chi connectivity index (χ3n) is 2.36. The predicted molar refractivity (Wildman–Crippen MR) is 63.2 cm³/mol. The Kier molecular flexibility index (Phi) is 2.18. The van der Waals surface area contributed by atoms with Crippen molar-refractivity contribution in [3.05, 3.63) is 28.9 Å². The zero-order chi connectivity index (χ0) is 11.9. The van der Waals surface area contributed by atoms with E-state index in [1.807, 2.05) is 25.3 Å². The SMILES string of the molecule is CC(C)(C)n1cnc(=O)c2cc(N)cnc21. The summed E-state index contributed by atoms with van der Waals surface area (Å²) < 4.78 is 1.86. The standard InChI is InChI=1S/C11H14N4O/c1-11(2,3)15-6-14-10(16)8-4-7(12)5-13-9(8)15/h4-6H,12H2,1-3H3. The van der Waals surface area contributed by atoms with E-state index in [-0.39, 0.29) is 11.1 Å². The third-order valence-corrected chi connectivity index (χ3v) is 2.36. The van der Waals surface area contributed by atoms with Gasteiger partial charge in [-0.1, -0.05) is 0 Å². The van der Waals surface area contributed by atoms with Crippen LogP contribution in [0.15, 0.2) is 23.4 Å². The summed E-state index contributed by atoms with van der Waals surface area (Å²) in [6, 6.07) is 1.61. The van der Waals surface area contributed by atoms with E-state index >= 15 is 0 Å². The first-order valence-corrected chi connectivity index (χ1v) is 5.03. The molecule has 0 saturated carbocycles. The van der Waals surface area contributed by atoms with E-state index in [4.69, 9.17) is 5.73 Å². The predicted octanol–water partition coefficient (Wildman–Crippen LogP) is 1.13. The Bertz CT molecular complexity index is 595. The molecule has 0 aliphatic heterocycles. The Morgan fingerprint density at radius 1 is 1.31 bits per heavy atom. The Balaban J connectivity index is 2.90. The lowest BCUT2D eigenvalue weighted by Crippen LogP contribution is -2.26. The van der Waals surface area contributed by atoms with Crippen molar-refractivity contribution in [3.8, 4) is 0 Å². The quantitative estimate of drug-likeness (QED) is 0.719. The minimum absolute atomic E-state index is 0.179. The van der Waals surface area contributed by atoms with E-state index in [1.165, 1.54) is 6.33 Å². The van der Waals surface area contributed by atoms with Crippen LogP contribution in [0.4, 0.5) is 5.69 Å². The van der Waals surface area contributed by atoms with Gasteiger partial charge in [0.25, 0.3) is 5.56 Å². The summed E-state index contributed by atoms with van der Waals surface area (Å²) in [5, 5.41) is 0.456. The van der Waals surface area contributed by atoms with Crippen LogP contribution in [0, 0.1) is 0 Å². The Labute approximate surface area is 92.9 Å². The summed E-state index contributed by atoms with van der Waals surface area (Å²) in [7, 11) is 0. The van der Waals surface area contributed by atoms with Crippen LogP contribution in [-0.2, 0) is 5.54 Å². The van der Waals surface area contributed by atoms with Crippen LogP contribution >= 0.6 is 0 Å². The van der Waals surface area contributed by atoms with Crippen LogP contribution in [0.2, 0.25) is 0 Å². The minimum Gasteiger partial charge on any atom is -0.397 e. The van der Waals surface area contributed by atoms with Crippen molar-refractivity contribution in [3.63, 3.8) is 0 Å². The van der Waals surface area contributed by atoms with E-state index < -0.39 is 0 Å². The van der Waals surface area contributed by atoms with Gasteiger partial charge in [-0.25, -0.2) is 4.98 Å². The monoisotopic (exact) mass is 218 g/mol. The van der Waals surface area contributed by atoms with Gasteiger partial charge in [-0.2, -0.15) is 4.98 Å². The maximum atomic E-state index is 11.6. The fraction of sp³-hybridized carbons (Fsp3) is 0.364. The molecule has 0 aliphatic carbocycles. The molecule has 0 atom stereocenters. The number of fused-ring (bicyclic) bond motifs is 1. The highest BCUT2D eigenvalue weighted by molar-refractivity contribution is 5.77. The molecule has 2 heterocycles. The van der Waals surface area contributed by atoms with Crippen molar-refractivity contribution < 1.29 is 0 Å². The molecular formula is C11H14N4O. The van der Waals surface area contributed by atoms with Crippen molar-refractivity contribution in [2.45, 2.75) is 26.3 Å². The molecule has 0 amide bonds. The summed E-state index contributed by atoms with van der Waals surface area (Å²) in [4.78, 5) is 19.6. The summed E-state index contributed by atoms with van der Waals surface area (Å²) >= 11 is 0. The van der Waals surface area contributed by atoms with Crippen LogP contribution in [0.1, 0.15) is 20.8 Å². The molecular weight excluding hydrogens is 204 g/mol. The average molecular weight is 218 g/mol. The molecule has 0 spiro atoms. The van der Waals surface area contributed by atoms with Crippen LogP contribution in [0.25, 0.3) is 11.0 Å². The van der Waals surface area contributed by atoms with E-state index in [9.17, 15) is 4.79 Å². The largest absolute Gasteiger partial charge is 0.397 e. The summed E-state index contributed by atoms with van der Waals surface area (Å²) in [5.74, 6) is 0. The molecule has 0 bridgehead atoms. The molecule has 2 aromatic rings. The molecule has 16 heavy (non-hydrogen) atoms. The van der Waals surface area contributed by atoms with Crippen LogP contribution in [-0.4, -0.2) is 14.5 Å².